The standard InChI is InChI=1S/C14H17N3O/c1-9-5-6-12(7-10(9)2)18-14-11(3)13(15-4)16-8-17-14/h5-8H,1-4H3,(H,15,16,17). The zero-order chi connectivity index (χ0) is 13.1. The van der Waals surface area contributed by atoms with Gasteiger partial charge in [0.2, 0.25) is 5.88 Å². The largest absolute Gasteiger partial charge is 0.439 e. The summed E-state index contributed by atoms with van der Waals surface area (Å²) in [6, 6.07) is 6.00. The molecule has 1 aromatic carbocycles. The zero-order valence-corrected chi connectivity index (χ0v) is 11.1. The molecule has 94 valence electrons. The highest BCUT2D eigenvalue weighted by Crippen LogP contribution is 2.26. The zero-order valence-electron chi connectivity index (χ0n) is 11.1. The molecule has 0 fully saturated rings. The number of aryl methyl sites for hydroxylation is 2. The SMILES string of the molecule is CNc1ncnc(Oc2ccc(C)c(C)c2)c1C. The highest BCUT2D eigenvalue weighted by molar-refractivity contribution is 5.48. The summed E-state index contributed by atoms with van der Waals surface area (Å²) in [6.07, 6.45) is 1.50. The molecule has 0 radical (unpaired) electrons. The average Bonchev–Trinajstić information content (AvgIpc) is 2.36. The third kappa shape index (κ3) is 2.42. The van der Waals surface area contributed by atoms with Crippen molar-refractivity contribution in [3.8, 4) is 11.6 Å². The van der Waals surface area contributed by atoms with Crippen molar-refractivity contribution in [3.05, 3.63) is 41.2 Å². The predicted molar refractivity (Wildman–Crippen MR) is 72.3 cm³/mol. The van der Waals surface area contributed by atoms with Gasteiger partial charge < -0.3 is 10.1 Å². The molecule has 0 atom stereocenters. The molecule has 0 unspecified atom stereocenters. The molecule has 1 aromatic heterocycles. The van der Waals surface area contributed by atoms with E-state index in [0.29, 0.717) is 5.88 Å². The van der Waals surface area contributed by atoms with Crippen LogP contribution in [0.5, 0.6) is 11.6 Å². The molecule has 0 bridgehead atoms. The maximum absolute atomic E-state index is 5.80. The van der Waals surface area contributed by atoms with E-state index < -0.39 is 0 Å². The lowest BCUT2D eigenvalue weighted by Crippen LogP contribution is -2.00. The van der Waals surface area contributed by atoms with E-state index in [2.05, 4.69) is 29.1 Å². The van der Waals surface area contributed by atoms with Crippen LogP contribution in [0.3, 0.4) is 0 Å². The molecule has 18 heavy (non-hydrogen) atoms. The number of hydrogen-bond acceptors (Lipinski definition) is 4. The monoisotopic (exact) mass is 243 g/mol. The van der Waals surface area contributed by atoms with E-state index in [1.807, 2.05) is 32.2 Å². The fourth-order valence-corrected chi connectivity index (χ4v) is 1.68. The fourth-order valence-electron chi connectivity index (χ4n) is 1.68. The van der Waals surface area contributed by atoms with Gasteiger partial charge in [-0.2, -0.15) is 0 Å². The summed E-state index contributed by atoms with van der Waals surface area (Å²) in [5, 5.41) is 3.01. The lowest BCUT2D eigenvalue weighted by Gasteiger charge is -2.11. The first-order valence-electron chi connectivity index (χ1n) is 5.86. The molecular weight excluding hydrogens is 226 g/mol. The van der Waals surface area contributed by atoms with Gasteiger partial charge in [0.1, 0.15) is 17.9 Å². The van der Waals surface area contributed by atoms with Gasteiger partial charge in [0.25, 0.3) is 0 Å². The highest BCUT2D eigenvalue weighted by Gasteiger charge is 2.08. The van der Waals surface area contributed by atoms with Gasteiger partial charge in [-0.05, 0) is 44.0 Å². The van der Waals surface area contributed by atoms with Gasteiger partial charge in [0.15, 0.2) is 0 Å². The van der Waals surface area contributed by atoms with Crippen LogP contribution in [-0.2, 0) is 0 Å². The first kappa shape index (κ1) is 12.4. The second kappa shape index (κ2) is 5.04. The molecule has 0 spiro atoms. The first-order valence-corrected chi connectivity index (χ1v) is 5.86. The molecule has 1 heterocycles. The normalized spacial score (nSPS) is 10.2. The van der Waals surface area contributed by atoms with Crippen LogP contribution in [0.25, 0.3) is 0 Å². The molecule has 4 heteroatoms. The summed E-state index contributed by atoms with van der Waals surface area (Å²) in [5.41, 5.74) is 3.35. The van der Waals surface area contributed by atoms with Crippen LogP contribution in [0.2, 0.25) is 0 Å². The van der Waals surface area contributed by atoms with Crippen molar-refractivity contribution in [1.82, 2.24) is 9.97 Å². The van der Waals surface area contributed by atoms with Crippen molar-refractivity contribution in [1.29, 1.82) is 0 Å². The molecule has 0 amide bonds. The average molecular weight is 243 g/mol. The number of hydrogen-bond donors (Lipinski definition) is 1. The number of benzene rings is 1. The Labute approximate surface area is 107 Å². The number of nitrogens with zero attached hydrogens (tertiary/aromatic N) is 2. The van der Waals surface area contributed by atoms with E-state index in [1.54, 1.807) is 0 Å². The van der Waals surface area contributed by atoms with Gasteiger partial charge in [0, 0.05) is 7.05 Å². The van der Waals surface area contributed by atoms with Crippen molar-refractivity contribution in [3.63, 3.8) is 0 Å². The van der Waals surface area contributed by atoms with Gasteiger partial charge >= 0.3 is 0 Å². The van der Waals surface area contributed by atoms with E-state index in [0.717, 1.165) is 17.1 Å². The van der Waals surface area contributed by atoms with Crippen molar-refractivity contribution in [2.24, 2.45) is 0 Å². The number of anilines is 1. The summed E-state index contributed by atoms with van der Waals surface area (Å²) in [7, 11) is 1.83. The predicted octanol–water partition coefficient (Wildman–Crippen LogP) is 3.24. The first-order chi connectivity index (χ1) is 8.61. The molecule has 1 N–H and O–H groups in total. The van der Waals surface area contributed by atoms with Crippen LogP contribution in [0.4, 0.5) is 5.82 Å². The smallest absolute Gasteiger partial charge is 0.227 e. The minimum absolute atomic E-state index is 0.581. The molecule has 0 aliphatic heterocycles. The van der Waals surface area contributed by atoms with Crippen LogP contribution >= 0.6 is 0 Å². The Bertz CT molecular complexity index is 567. The molecule has 4 nitrogen and oxygen atoms in total. The quantitative estimate of drug-likeness (QED) is 0.899. The number of ether oxygens (including phenoxy) is 1. The number of rotatable bonds is 3. The molecule has 0 aliphatic carbocycles. The van der Waals surface area contributed by atoms with E-state index in [9.17, 15) is 0 Å². The highest BCUT2D eigenvalue weighted by atomic mass is 16.5. The van der Waals surface area contributed by atoms with Crippen molar-refractivity contribution in [2.45, 2.75) is 20.8 Å². The molecule has 2 rings (SSSR count). The Morgan fingerprint density at radius 2 is 1.83 bits per heavy atom. The van der Waals surface area contributed by atoms with E-state index in [4.69, 9.17) is 4.74 Å². The van der Waals surface area contributed by atoms with E-state index in [1.165, 1.54) is 17.5 Å². The van der Waals surface area contributed by atoms with Gasteiger partial charge in [-0.25, -0.2) is 9.97 Å². The molecule has 0 saturated heterocycles. The maximum atomic E-state index is 5.80. The summed E-state index contributed by atoms with van der Waals surface area (Å²) in [5.74, 6) is 2.16. The summed E-state index contributed by atoms with van der Waals surface area (Å²) in [4.78, 5) is 8.29. The van der Waals surface area contributed by atoms with Crippen LogP contribution in [0, 0.1) is 20.8 Å². The third-order valence-corrected chi connectivity index (χ3v) is 2.97. The molecule has 0 aliphatic rings. The minimum Gasteiger partial charge on any atom is -0.439 e. The Hall–Kier alpha value is -2.10. The Balaban J connectivity index is 2.31. The topological polar surface area (TPSA) is 47.0 Å². The maximum Gasteiger partial charge on any atom is 0.227 e. The Morgan fingerprint density at radius 1 is 1.06 bits per heavy atom. The molecule has 2 aromatic rings. The summed E-state index contributed by atoms with van der Waals surface area (Å²) < 4.78 is 5.80. The minimum atomic E-state index is 0.581. The van der Waals surface area contributed by atoms with Gasteiger partial charge in [-0.15, -0.1) is 0 Å². The Kier molecular flexibility index (Phi) is 3.46. The van der Waals surface area contributed by atoms with Crippen LogP contribution in [0.15, 0.2) is 24.5 Å². The van der Waals surface area contributed by atoms with Crippen molar-refractivity contribution >= 4 is 5.82 Å². The van der Waals surface area contributed by atoms with Gasteiger partial charge in [-0.1, -0.05) is 6.07 Å². The molecular formula is C14H17N3O. The summed E-state index contributed by atoms with van der Waals surface area (Å²) in [6.45, 7) is 6.07. The number of nitrogens with one attached hydrogen (secondary N) is 1. The van der Waals surface area contributed by atoms with Gasteiger partial charge in [0.05, 0.1) is 5.56 Å². The third-order valence-electron chi connectivity index (χ3n) is 2.97. The molecule has 0 saturated carbocycles. The summed E-state index contributed by atoms with van der Waals surface area (Å²) >= 11 is 0. The van der Waals surface area contributed by atoms with Crippen LogP contribution in [-0.4, -0.2) is 17.0 Å². The van der Waals surface area contributed by atoms with Gasteiger partial charge in [-0.3, -0.25) is 0 Å². The second-order valence-corrected chi connectivity index (χ2v) is 4.25. The van der Waals surface area contributed by atoms with Crippen LogP contribution < -0.4 is 10.1 Å². The van der Waals surface area contributed by atoms with Crippen molar-refractivity contribution in [2.75, 3.05) is 12.4 Å². The lowest BCUT2D eigenvalue weighted by atomic mass is 10.1. The Morgan fingerprint density at radius 3 is 2.50 bits per heavy atom. The van der Waals surface area contributed by atoms with Crippen molar-refractivity contribution < 1.29 is 4.74 Å². The second-order valence-electron chi connectivity index (χ2n) is 4.25. The fraction of sp³-hybridized carbons (Fsp3) is 0.286. The van der Waals surface area contributed by atoms with Crippen LogP contribution in [0.1, 0.15) is 16.7 Å². The van der Waals surface area contributed by atoms with E-state index >= 15 is 0 Å². The number of aromatic nitrogens is 2. The van der Waals surface area contributed by atoms with E-state index in [-0.39, 0.29) is 0 Å². The lowest BCUT2D eigenvalue weighted by molar-refractivity contribution is 0.457.